The molecule has 2 unspecified atom stereocenters. The Labute approximate surface area is 113 Å². The summed E-state index contributed by atoms with van der Waals surface area (Å²) in [5.74, 6) is 0. The van der Waals surface area contributed by atoms with Gasteiger partial charge in [-0.25, -0.2) is 0 Å². The fourth-order valence-corrected chi connectivity index (χ4v) is 3.58. The van der Waals surface area contributed by atoms with E-state index in [0.29, 0.717) is 0 Å². The summed E-state index contributed by atoms with van der Waals surface area (Å²) in [7, 11) is 0. The van der Waals surface area contributed by atoms with E-state index in [2.05, 4.69) is 29.0 Å². The minimum absolute atomic E-state index is 0.753. The molecule has 0 aromatic rings. The summed E-state index contributed by atoms with van der Waals surface area (Å²) < 4.78 is 0. The summed E-state index contributed by atoms with van der Waals surface area (Å²) in [4.78, 5) is 5.31. The highest BCUT2D eigenvalue weighted by Crippen LogP contribution is 2.17. The van der Waals surface area contributed by atoms with Crippen LogP contribution in [-0.4, -0.2) is 61.2 Å². The number of rotatable bonds is 5. The number of nitrogens with one attached hydrogen (secondary N) is 1. The zero-order valence-corrected chi connectivity index (χ0v) is 12.3. The molecule has 18 heavy (non-hydrogen) atoms. The molecule has 3 nitrogen and oxygen atoms in total. The van der Waals surface area contributed by atoms with Gasteiger partial charge in [0.2, 0.25) is 0 Å². The molecule has 106 valence electrons. The van der Waals surface area contributed by atoms with Crippen molar-refractivity contribution >= 4 is 0 Å². The molecule has 0 bridgehead atoms. The van der Waals surface area contributed by atoms with Gasteiger partial charge >= 0.3 is 0 Å². The average Bonchev–Trinajstić information content (AvgIpc) is 2.68. The fraction of sp³-hybridized carbons (Fsp3) is 1.00. The van der Waals surface area contributed by atoms with E-state index in [1.54, 1.807) is 0 Å². The van der Waals surface area contributed by atoms with Crippen molar-refractivity contribution in [2.45, 2.75) is 58.0 Å². The topological polar surface area (TPSA) is 18.5 Å². The first-order chi connectivity index (χ1) is 8.83. The molecule has 1 N–H and O–H groups in total. The lowest BCUT2D eigenvalue weighted by Gasteiger charge is -2.27. The molecule has 0 radical (unpaired) electrons. The molecule has 0 aromatic carbocycles. The average molecular weight is 253 g/mol. The van der Waals surface area contributed by atoms with E-state index < -0.39 is 0 Å². The van der Waals surface area contributed by atoms with Gasteiger partial charge in [-0.1, -0.05) is 26.7 Å². The van der Waals surface area contributed by atoms with Crippen molar-refractivity contribution in [1.29, 1.82) is 0 Å². The Hall–Kier alpha value is -0.120. The SMILES string of the molecule is CCN(CC)C1CCN(CC2CCCCCN2)C1. The molecule has 2 fully saturated rings. The molecule has 0 spiro atoms. The number of likely N-dealkylation sites (N-methyl/N-ethyl adjacent to an activating group) is 1. The fourth-order valence-electron chi connectivity index (χ4n) is 3.58. The quantitative estimate of drug-likeness (QED) is 0.808. The van der Waals surface area contributed by atoms with Gasteiger partial charge in [-0.15, -0.1) is 0 Å². The maximum Gasteiger partial charge on any atom is 0.0235 e. The van der Waals surface area contributed by atoms with Gasteiger partial charge in [-0.05, 0) is 45.4 Å². The molecule has 2 saturated heterocycles. The van der Waals surface area contributed by atoms with Crippen LogP contribution in [0.15, 0.2) is 0 Å². The second-order valence-corrected chi connectivity index (χ2v) is 5.92. The monoisotopic (exact) mass is 253 g/mol. The normalized spacial score (nSPS) is 30.8. The van der Waals surface area contributed by atoms with Gasteiger partial charge < -0.3 is 10.2 Å². The van der Waals surface area contributed by atoms with Gasteiger partial charge in [0, 0.05) is 25.2 Å². The van der Waals surface area contributed by atoms with Crippen LogP contribution in [0.1, 0.15) is 46.0 Å². The van der Waals surface area contributed by atoms with E-state index in [1.165, 1.54) is 71.4 Å². The molecule has 0 aliphatic carbocycles. The minimum atomic E-state index is 0.753. The van der Waals surface area contributed by atoms with Gasteiger partial charge in [-0.2, -0.15) is 0 Å². The molecule has 3 heteroatoms. The predicted octanol–water partition coefficient (Wildman–Crippen LogP) is 1.93. The molecule has 2 heterocycles. The Kier molecular flexibility index (Phi) is 5.93. The Morgan fingerprint density at radius 3 is 2.72 bits per heavy atom. The maximum atomic E-state index is 3.73. The lowest BCUT2D eigenvalue weighted by molar-refractivity contribution is 0.204. The zero-order valence-electron chi connectivity index (χ0n) is 12.3. The summed E-state index contributed by atoms with van der Waals surface area (Å²) in [6, 6.07) is 1.56. The smallest absolute Gasteiger partial charge is 0.0235 e. The Morgan fingerprint density at radius 1 is 1.11 bits per heavy atom. The molecule has 0 saturated carbocycles. The van der Waals surface area contributed by atoms with Crippen molar-refractivity contribution in [2.24, 2.45) is 0 Å². The van der Waals surface area contributed by atoms with Gasteiger partial charge in [0.05, 0.1) is 0 Å². The van der Waals surface area contributed by atoms with Gasteiger partial charge in [0.1, 0.15) is 0 Å². The Morgan fingerprint density at radius 2 is 1.94 bits per heavy atom. The Balaban J connectivity index is 1.74. The van der Waals surface area contributed by atoms with Crippen LogP contribution >= 0.6 is 0 Å². The maximum absolute atomic E-state index is 3.73. The van der Waals surface area contributed by atoms with Crippen molar-refractivity contribution in [2.75, 3.05) is 39.3 Å². The second kappa shape index (κ2) is 7.46. The van der Waals surface area contributed by atoms with E-state index in [-0.39, 0.29) is 0 Å². The van der Waals surface area contributed by atoms with E-state index >= 15 is 0 Å². The number of hydrogen-bond acceptors (Lipinski definition) is 3. The Bertz CT molecular complexity index is 220. The predicted molar refractivity (Wildman–Crippen MR) is 78.0 cm³/mol. The van der Waals surface area contributed by atoms with Gasteiger partial charge in [0.25, 0.3) is 0 Å². The number of likely N-dealkylation sites (tertiary alicyclic amines) is 1. The summed E-state index contributed by atoms with van der Waals surface area (Å²) in [6.07, 6.45) is 6.97. The van der Waals surface area contributed by atoms with E-state index in [4.69, 9.17) is 0 Å². The lowest BCUT2D eigenvalue weighted by Crippen LogP contribution is -2.42. The van der Waals surface area contributed by atoms with E-state index in [1.807, 2.05) is 0 Å². The third-order valence-electron chi connectivity index (χ3n) is 4.72. The standard InChI is InChI=1S/C15H31N3/c1-3-18(4-2)15-9-11-17(13-15)12-14-8-6-5-7-10-16-14/h14-16H,3-13H2,1-2H3. The number of nitrogens with zero attached hydrogens (tertiary/aromatic N) is 2. The third-order valence-corrected chi connectivity index (χ3v) is 4.72. The zero-order chi connectivity index (χ0) is 12.8. The van der Waals surface area contributed by atoms with Crippen LogP contribution in [0.5, 0.6) is 0 Å². The van der Waals surface area contributed by atoms with E-state index in [0.717, 1.165) is 12.1 Å². The van der Waals surface area contributed by atoms with Gasteiger partial charge in [-0.3, -0.25) is 4.90 Å². The minimum Gasteiger partial charge on any atom is -0.313 e. The first-order valence-corrected chi connectivity index (χ1v) is 8.03. The van der Waals surface area contributed by atoms with Crippen molar-refractivity contribution in [1.82, 2.24) is 15.1 Å². The first kappa shape index (κ1) is 14.3. The van der Waals surface area contributed by atoms with Crippen molar-refractivity contribution in [3.8, 4) is 0 Å². The summed E-state index contributed by atoms with van der Waals surface area (Å²) in [5, 5.41) is 3.73. The third kappa shape index (κ3) is 3.94. The molecule has 2 aliphatic rings. The molecule has 0 aromatic heterocycles. The molecular formula is C15H31N3. The highest BCUT2D eigenvalue weighted by molar-refractivity contribution is 4.85. The van der Waals surface area contributed by atoms with Crippen molar-refractivity contribution in [3.05, 3.63) is 0 Å². The van der Waals surface area contributed by atoms with Crippen LogP contribution in [0.2, 0.25) is 0 Å². The lowest BCUT2D eigenvalue weighted by atomic mass is 10.1. The second-order valence-electron chi connectivity index (χ2n) is 5.92. The molecule has 2 rings (SSSR count). The summed E-state index contributed by atoms with van der Waals surface area (Å²) in [5.41, 5.74) is 0. The van der Waals surface area contributed by atoms with Crippen molar-refractivity contribution < 1.29 is 0 Å². The van der Waals surface area contributed by atoms with Crippen LogP contribution in [0, 0.1) is 0 Å². The van der Waals surface area contributed by atoms with Crippen LogP contribution < -0.4 is 5.32 Å². The van der Waals surface area contributed by atoms with E-state index in [9.17, 15) is 0 Å². The highest BCUT2D eigenvalue weighted by Gasteiger charge is 2.27. The summed E-state index contributed by atoms with van der Waals surface area (Å²) in [6.45, 7) is 12.1. The highest BCUT2D eigenvalue weighted by atomic mass is 15.3. The largest absolute Gasteiger partial charge is 0.313 e. The first-order valence-electron chi connectivity index (χ1n) is 8.03. The van der Waals surface area contributed by atoms with Crippen LogP contribution in [0.25, 0.3) is 0 Å². The number of hydrogen-bond donors (Lipinski definition) is 1. The van der Waals surface area contributed by atoms with Crippen LogP contribution in [-0.2, 0) is 0 Å². The molecule has 2 aliphatic heterocycles. The van der Waals surface area contributed by atoms with Gasteiger partial charge in [0.15, 0.2) is 0 Å². The van der Waals surface area contributed by atoms with Crippen LogP contribution in [0.3, 0.4) is 0 Å². The van der Waals surface area contributed by atoms with Crippen LogP contribution in [0.4, 0.5) is 0 Å². The molecule has 2 atom stereocenters. The summed E-state index contributed by atoms with van der Waals surface area (Å²) >= 11 is 0. The van der Waals surface area contributed by atoms with Crippen molar-refractivity contribution in [3.63, 3.8) is 0 Å². The molecule has 0 amide bonds. The molecular weight excluding hydrogens is 222 g/mol.